The molecule has 1 aliphatic carbocycles. The Balaban J connectivity index is 2.50. The molecule has 0 fully saturated rings. The normalized spacial score (nSPS) is 23.8. The Hall–Kier alpha value is -0.520. The van der Waals surface area contributed by atoms with Crippen molar-refractivity contribution in [2.45, 2.75) is 53.9 Å². The first-order valence-corrected chi connectivity index (χ1v) is 6.32. The third kappa shape index (κ3) is 3.85. The second-order valence-electron chi connectivity index (χ2n) is 6.01. The Bertz CT molecular complexity index is 250. The number of hydrogen-bond donors (Lipinski definition) is 0. The van der Waals surface area contributed by atoms with Gasteiger partial charge in [-0.25, -0.2) is 0 Å². The molecule has 0 bridgehead atoms. The highest BCUT2D eigenvalue weighted by Gasteiger charge is 2.18. The van der Waals surface area contributed by atoms with Crippen LogP contribution in [0.3, 0.4) is 0 Å². The Morgan fingerprint density at radius 3 is 2.47 bits per heavy atom. The van der Waals surface area contributed by atoms with Crippen LogP contribution >= 0.6 is 0 Å². The van der Waals surface area contributed by atoms with Crippen LogP contribution in [0.4, 0.5) is 0 Å². The van der Waals surface area contributed by atoms with Crippen molar-refractivity contribution >= 4 is 0 Å². The van der Waals surface area contributed by atoms with Crippen LogP contribution in [-0.2, 0) is 0 Å². The molecule has 1 aliphatic rings. The van der Waals surface area contributed by atoms with Crippen molar-refractivity contribution in [1.29, 1.82) is 0 Å². The zero-order chi connectivity index (χ0) is 11.5. The van der Waals surface area contributed by atoms with Gasteiger partial charge in [0.25, 0.3) is 0 Å². The van der Waals surface area contributed by atoms with Crippen molar-refractivity contribution in [1.82, 2.24) is 0 Å². The molecule has 86 valence electrons. The highest BCUT2D eigenvalue weighted by atomic mass is 14.2. The lowest BCUT2D eigenvalue weighted by atomic mass is 9.80. The van der Waals surface area contributed by atoms with E-state index in [2.05, 4.69) is 52.8 Å². The summed E-state index contributed by atoms with van der Waals surface area (Å²) < 4.78 is 0. The molecule has 0 saturated carbocycles. The Morgan fingerprint density at radius 1 is 1.40 bits per heavy atom. The first-order valence-electron chi connectivity index (χ1n) is 6.32. The SMILES string of the molecule is CCC(C)CC1C=CC(C(C)(C)C)=CC1. The maximum Gasteiger partial charge on any atom is -0.0135 e. The van der Waals surface area contributed by atoms with E-state index in [4.69, 9.17) is 0 Å². The minimum absolute atomic E-state index is 0.317. The molecule has 0 aromatic heterocycles. The molecule has 2 atom stereocenters. The van der Waals surface area contributed by atoms with E-state index in [1.807, 2.05) is 0 Å². The van der Waals surface area contributed by atoms with Gasteiger partial charge in [-0.3, -0.25) is 0 Å². The van der Waals surface area contributed by atoms with E-state index in [0.29, 0.717) is 5.41 Å². The molecule has 0 radical (unpaired) electrons. The summed E-state index contributed by atoms with van der Waals surface area (Å²) in [6.07, 6.45) is 11.1. The van der Waals surface area contributed by atoms with E-state index in [-0.39, 0.29) is 0 Å². The fraction of sp³-hybridized carbons (Fsp3) is 0.733. The van der Waals surface area contributed by atoms with Crippen LogP contribution in [0.2, 0.25) is 0 Å². The van der Waals surface area contributed by atoms with Crippen molar-refractivity contribution in [3.8, 4) is 0 Å². The lowest BCUT2D eigenvalue weighted by Crippen LogP contribution is -2.12. The van der Waals surface area contributed by atoms with Crippen LogP contribution in [0.1, 0.15) is 53.9 Å². The van der Waals surface area contributed by atoms with Gasteiger partial charge in [-0.2, -0.15) is 0 Å². The minimum atomic E-state index is 0.317. The van der Waals surface area contributed by atoms with Gasteiger partial charge >= 0.3 is 0 Å². The van der Waals surface area contributed by atoms with Crippen LogP contribution in [0.15, 0.2) is 23.8 Å². The van der Waals surface area contributed by atoms with Gasteiger partial charge in [0.2, 0.25) is 0 Å². The summed E-state index contributed by atoms with van der Waals surface area (Å²) >= 11 is 0. The maximum atomic E-state index is 2.44. The van der Waals surface area contributed by atoms with Crippen molar-refractivity contribution in [2.75, 3.05) is 0 Å². The molecule has 0 heterocycles. The lowest BCUT2D eigenvalue weighted by Gasteiger charge is -2.26. The van der Waals surface area contributed by atoms with Crippen LogP contribution in [0, 0.1) is 17.3 Å². The molecule has 0 aliphatic heterocycles. The molecule has 0 N–H and O–H groups in total. The van der Waals surface area contributed by atoms with E-state index in [1.165, 1.54) is 24.8 Å². The standard InChI is InChI=1S/C15H26/c1-6-12(2)11-13-7-9-14(10-8-13)15(3,4)5/h7,9-10,12-13H,6,8,11H2,1-5H3. The molecule has 1 rings (SSSR count). The van der Waals surface area contributed by atoms with Crippen LogP contribution in [-0.4, -0.2) is 0 Å². The minimum Gasteiger partial charge on any atom is -0.0808 e. The summed E-state index contributed by atoms with van der Waals surface area (Å²) in [7, 11) is 0. The molecule has 0 saturated heterocycles. The molecule has 0 amide bonds. The number of rotatable bonds is 3. The molecule has 2 unspecified atom stereocenters. The maximum absolute atomic E-state index is 2.44. The predicted molar refractivity (Wildman–Crippen MR) is 68.9 cm³/mol. The monoisotopic (exact) mass is 206 g/mol. The molecular weight excluding hydrogens is 180 g/mol. The van der Waals surface area contributed by atoms with Crippen molar-refractivity contribution in [3.63, 3.8) is 0 Å². The smallest absolute Gasteiger partial charge is 0.0135 e. The Morgan fingerprint density at radius 2 is 2.07 bits per heavy atom. The summed E-state index contributed by atoms with van der Waals surface area (Å²) in [6.45, 7) is 11.5. The van der Waals surface area contributed by atoms with E-state index in [9.17, 15) is 0 Å². The van der Waals surface area contributed by atoms with E-state index < -0.39 is 0 Å². The quantitative estimate of drug-likeness (QED) is 0.611. The van der Waals surface area contributed by atoms with Gasteiger partial charge < -0.3 is 0 Å². The molecule has 15 heavy (non-hydrogen) atoms. The Labute approximate surface area is 95.5 Å². The molecular formula is C15H26. The van der Waals surface area contributed by atoms with Gasteiger partial charge in [-0.15, -0.1) is 0 Å². The van der Waals surface area contributed by atoms with Crippen molar-refractivity contribution in [2.24, 2.45) is 17.3 Å². The number of allylic oxidation sites excluding steroid dienone is 4. The van der Waals surface area contributed by atoms with Gasteiger partial charge in [-0.05, 0) is 35.7 Å². The third-order valence-corrected chi connectivity index (χ3v) is 3.46. The van der Waals surface area contributed by atoms with Gasteiger partial charge in [0.05, 0.1) is 0 Å². The molecule has 0 heteroatoms. The zero-order valence-electron chi connectivity index (χ0n) is 11.0. The number of hydrogen-bond acceptors (Lipinski definition) is 0. The highest BCUT2D eigenvalue weighted by Crippen LogP contribution is 2.32. The highest BCUT2D eigenvalue weighted by molar-refractivity contribution is 5.28. The molecule has 0 aromatic carbocycles. The van der Waals surface area contributed by atoms with Crippen LogP contribution < -0.4 is 0 Å². The van der Waals surface area contributed by atoms with E-state index >= 15 is 0 Å². The average Bonchev–Trinajstić information content (AvgIpc) is 2.17. The van der Waals surface area contributed by atoms with Crippen LogP contribution in [0.5, 0.6) is 0 Å². The summed E-state index contributed by atoms with van der Waals surface area (Å²) in [6, 6.07) is 0. The van der Waals surface area contributed by atoms with Gasteiger partial charge in [0.1, 0.15) is 0 Å². The second-order valence-corrected chi connectivity index (χ2v) is 6.01. The Kier molecular flexibility index (Phi) is 4.19. The van der Waals surface area contributed by atoms with E-state index in [1.54, 1.807) is 0 Å². The van der Waals surface area contributed by atoms with Gasteiger partial charge in [0.15, 0.2) is 0 Å². The van der Waals surface area contributed by atoms with Gasteiger partial charge in [-0.1, -0.05) is 59.3 Å². The predicted octanol–water partition coefficient (Wildman–Crippen LogP) is 4.97. The van der Waals surface area contributed by atoms with Gasteiger partial charge in [0, 0.05) is 0 Å². The topological polar surface area (TPSA) is 0 Å². The second kappa shape index (κ2) is 5.01. The van der Waals surface area contributed by atoms with Crippen LogP contribution in [0.25, 0.3) is 0 Å². The molecule has 0 nitrogen and oxygen atoms in total. The lowest BCUT2D eigenvalue weighted by molar-refractivity contribution is 0.428. The summed E-state index contributed by atoms with van der Waals surface area (Å²) in [4.78, 5) is 0. The summed E-state index contributed by atoms with van der Waals surface area (Å²) in [5.74, 6) is 1.65. The summed E-state index contributed by atoms with van der Waals surface area (Å²) in [5.41, 5.74) is 1.82. The average molecular weight is 206 g/mol. The molecule has 0 aromatic rings. The summed E-state index contributed by atoms with van der Waals surface area (Å²) in [5, 5.41) is 0. The van der Waals surface area contributed by atoms with Crippen molar-refractivity contribution < 1.29 is 0 Å². The first kappa shape index (κ1) is 12.5. The fourth-order valence-corrected chi connectivity index (χ4v) is 2.08. The van der Waals surface area contributed by atoms with Crippen molar-refractivity contribution in [3.05, 3.63) is 23.8 Å². The molecule has 0 spiro atoms. The van der Waals surface area contributed by atoms with E-state index in [0.717, 1.165) is 11.8 Å². The third-order valence-electron chi connectivity index (χ3n) is 3.46. The zero-order valence-corrected chi connectivity index (χ0v) is 11.0. The first-order chi connectivity index (χ1) is 6.93. The fourth-order valence-electron chi connectivity index (χ4n) is 2.08. The largest absolute Gasteiger partial charge is 0.0808 e.